The highest BCUT2D eigenvalue weighted by molar-refractivity contribution is 5.58. The van der Waals surface area contributed by atoms with Gasteiger partial charge in [0.1, 0.15) is 24.2 Å². The van der Waals surface area contributed by atoms with Crippen LogP contribution in [0.2, 0.25) is 0 Å². The summed E-state index contributed by atoms with van der Waals surface area (Å²) in [5, 5.41) is 10.4. The molecule has 1 heterocycles. The maximum absolute atomic E-state index is 10.4. The van der Waals surface area contributed by atoms with Crippen molar-refractivity contribution >= 4 is 5.69 Å². The zero-order valence-electron chi connectivity index (χ0n) is 17.3. The Kier molecular flexibility index (Phi) is 10.6. The van der Waals surface area contributed by atoms with E-state index < -0.39 is 6.10 Å². The molecule has 1 atom stereocenters. The maximum atomic E-state index is 10.4. The van der Waals surface area contributed by atoms with Crippen LogP contribution in [0.5, 0.6) is 11.5 Å². The van der Waals surface area contributed by atoms with Crippen molar-refractivity contribution in [1.82, 2.24) is 4.90 Å². The molecule has 162 valence electrons. The van der Waals surface area contributed by atoms with Crippen LogP contribution in [-0.4, -0.2) is 62.6 Å². The Morgan fingerprint density at radius 3 is 2.34 bits per heavy atom. The van der Waals surface area contributed by atoms with Gasteiger partial charge in [0.05, 0.1) is 12.8 Å². The molecule has 1 N–H and O–H groups in total. The molecule has 1 aliphatic rings. The summed E-state index contributed by atoms with van der Waals surface area (Å²) in [5.41, 5.74) is 3.40. The summed E-state index contributed by atoms with van der Waals surface area (Å²) in [5.74, 6) is 1.77. The molecule has 1 unspecified atom stereocenters. The van der Waals surface area contributed by atoms with Gasteiger partial charge in [0.2, 0.25) is 0 Å². The first-order valence-corrected chi connectivity index (χ1v) is 9.55. The number of hydrogen-bond acceptors (Lipinski definition) is 5. The predicted octanol–water partition coefficient (Wildman–Crippen LogP) is -3.12. The highest BCUT2D eigenvalue weighted by atomic mass is 35.5. The van der Waals surface area contributed by atoms with Gasteiger partial charge in [-0.15, -0.1) is 0 Å². The first-order chi connectivity index (χ1) is 13.1. The molecule has 1 saturated heterocycles. The molecule has 3 rings (SSSR count). The van der Waals surface area contributed by atoms with E-state index in [9.17, 15) is 5.11 Å². The van der Waals surface area contributed by atoms with Crippen LogP contribution >= 0.6 is 0 Å². The number of β-amino-alcohol motifs (C(OH)–C–C–N with tert-alkyl or cyclic N) is 1. The van der Waals surface area contributed by atoms with Crippen molar-refractivity contribution in [3.05, 3.63) is 53.6 Å². The lowest BCUT2D eigenvalue weighted by Crippen LogP contribution is -3.00. The zero-order chi connectivity index (χ0) is 19.2. The fraction of sp³-hybridized carbons (Fsp3) is 0.455. The molecule has 1 fully saturated rings. The second-order valence-corrected chi connectivity index (χ2v) is 7.19. The second-order valence-electron chi connectivity index (χ2n) is 7.19. The van der Waals surface area contributed by atoms with Crippen LogP contribution in [0.25, 0.3) is 0 Å². The summed E-state index contributed by atoms with van der Waals surface area (Å²) in [6.07, 6.45) is -0.497. The van der Waals surface area contributed by atoms with Gasteiger partial charge in [-0.3, -0.25) is 4.90 Å². The van der Waals surface area contributed by atoms with E-state index in [-0.39, 0.29) is 24.8 Å². The number of para-hydroxylation sites is 2. The number of piperazine rings is 1. The Balaban J connectivity index is 0.00000210. The number of ether oxygens (including phenoxy) is 2. The SMILES string of the molecule is COc1ccccc1N1CCN(CC(O)COc2cc(C)ccc2C)CC1.[Cl-].[Cl-]. The monoisotopic (exact) mass is 440 g/mol. The molecule has 0 radical (unpaired) electrons. The minimum Gasteiger partial charge on any atom is -1.00 e. The largest absolute Gasteiger partial charge is 1.00 e. The summed E-state index contributed by atoms with van der Waals surface area (Å²) < 4.78 is 11.3. The van der Waals surface area contributed by atoms with Crippen molar-refractivity contribution in [3.8, 4) is 11.5 Å². The van der Waals surface area contributed by atoms with Crippen LogP contribution in [-0.2, 0) is 0 Å². The van der Waals surface area contributed by atoms with Gasteiger partial charge in [-0.05, 0) is 43.2 Å². The normalized spacial score (nSPS) is 15.1. The van der Waals surface area contributed by atoms with E-state index in [4.69, 9.17) is 9.47 Å². The van der Waals surface area contributed by atoms with Crippen molar-refractivity contribution in [1.29, 1.82) is 0 Å². The minimum atomic E-state index is -0.497. The molecule has 1 aliphatic heterocycles. The first-order valence-electron chi connectivity index (χ1n) is 9.55. The van der Waals surface area contributed by atoms with E-state index in [0.29, 0.717) is 13.2 Å². The van der Waals surface area contributed by atoms with Crippen LogP contribution in [0.15, 0.2) is 42.5 Å². The number of aliphatic hydroxyl groups excluding tert-OH is 1. The van der Waals surface area contributed by atoms with Crippen molar-refractivity contribution in [2.24, 2.45) is 0 Å². The molecule has 7 heteroatoms. The third kappa shape index (κ3) is 6.96. The highest BCUT2D eigenvalue weighted by Crippen LogP contribution is 2.28. The highest BCUT2D eigenvalue weighted by Gasteiger charge is 2.21. The Bertz CT molecular complexity index is 753. The second kappa shape index (κ2) is 12.1. The van der Waals surface area contributed by atoms with E-state index >= 15 is 0 Å². The molecule has 0 aliphatic carbocycles. The number of hydrogen-bond donors (Lipinski definition) is 1. The van der Waals surface area contributed by atoms with Crippen LogP contribution in [0.4, 0.5) is 5.69 Å². The predicted molar refractivity (Wildman–Crippen MR) is 109 cm³/mol. The maximum Gasteiger partial charge on any atom is 0.142 e. The van der Waals surface area contributed by atoms with Gasteiger partial charge in [-0.25, -0.2) is 0 Å². The van der Waals surface area contributed by atoms with Crippen molar-refractivity contribution in [2.45, 2.75) is 20.0 Å². The molecule has 2 aromatic rings. The van der Waals surface area contributed by atoms with Gasteiger partial charge < -0.3 is 44.3 Å². The number of methoxy groups -OCH3 is 1. The van der Waals surface area contributed by atoms with E-state index in [1.807, 2.05) is 44.2 Å². The topological polar surface area (TPSA) is 45.2 Å². The molecule has 0 aromatic heterocycles. The number of halogens is 2. The minimum absolute atomic E-state index is 0. The Morgan fingerprint density at radius 2 is 1.66 bits per heavy atom. The Morgan fingerprint density at radius 1 is 0.966 bits per heavy atom. The van der Waals surface area contributed by atoms with Crippen LogP contribution in [0, 0.1) is 13.8 Å². The lowest BCUT2D eigenvalue weighted by Gasteiger charge is -2.37. The van der Waals surface area contributed by atoms with Gasteiger partial charge >= 0.3 is 0 Å². The zero-order valence-corrected chi connectivity index (χ0v) is 18.8. The third-order valence-corrected chi connectivity index (χ3v) is 5.04. The molecule has 0 saturated carbocycles. The fourth-order valence-corrected chi connectivity index (χ4v) is 3.46. The molecule has 5 nitrogen and oxygen atoms in total. The Hall–Kier alpha value is -1.66. The van der Waals surface area contributed by atoms with Crippen molar-refractivity contribution < 1.29 is 39.4 Å². The summed E-state index contributed by atoms with van der Waals surface area (Å²) in [6, 6.07) is 14.3. The van der Waals surface area contributed by atoms with Gasteiger partial charge in [-0.1, -0.05) is 24.3 Å². The molecular formula is C22H30Cl2N2O3-2. The number of anilines is 1. The number of aryl methyl sites for hydroxylation is 2. The summed E-state index contributed by atoms with van der Waals surface area (Å²) in [4.78, 5) is 4.64. The molecule has 2 aromatic carbocycles. The van der Waals surface area contributed by atoms with E-state index in [1.165, 1.54) is 0 Å². The average Bonchev–Trinajstić information content (AvgIpc) is 2.69. The molecule has 0 spiro atoms. The lowest BCUT2D eigenvalue weighted by atomic mass is 10.1. The summed E-state index contributed by atoms with van der Waals surface area (Å²) in [6.45, 7) is 8.69. The van der Waals surface area contributed by atoms with Gasteiger partial charge in [0.15, 0.2) is 0 Å². The molecule has 29 heavy (non-hydrogen) atoms. The lowest BCUT2D eigenvalue weighted by molar-refractivity contribution is -0.00100. The number of nitrogens with zero attached hydrogens (tertiary/aromatic N) is 2. The van der Waals surface area contributed by atoms with Crippen LogP contribution in [0.3, 0.4) is 0 Å². The first kappa shape index (κ1) is 25.4. The van der Waals surface area contributed by atoms with E-state index in [2.05, 4.69) is 21.9 Å². The molecule has 0 bridgehead atoms. The smallest absolute Gasteiger partial charge is 0.142 e. The van der Waals surface area contributed by atoms with Crippen LogP contribution < -0.4 is 39.2 Å². The number of rotatable bonds is 7. The van der Waals surface area contributed by atoms with Crippen molar-refractivity contribution in [3.63, 3.8) is 0 Å². The molecule has 0 amide bonds. The van der Waals surface area contributed by atoms with E-state index in [0.717, 1.165) is 54.5 Å². The number of aliphatic hydroxyl groups is 1. The summed E-state index contributed by atoms with van der Waals surface area (Å²) >= 11 is 0. The Labute approximate surface area is 186 Å². The quantitative estimate of drug-likeness (QED) is 0.493. The third-order valence-electron chi connectivity index (χ3n) is 5.04. The van der Waals surface area contributed by atoms with Crippen LogP contribution in [0.1, 0.15) is 11.1 Å². The molecular weight excluding hydrogens is 411 g/mol. The standard InChI is InChI=1S/C22H30N2O3.2ClH/c1-17-8-9-18(2)22(14-17)27-16-19(25)15-23-10-12-24(13-11-23)20-6-4-5-7-21(20)26-3;;/h4-9,14,19,25H,10-13,15-16H2,1-3H3;2*1H/p-2. The summed E-state index contributed by atoms with van der Waals surface area (Å²) in [7, 11) is 1.71. The van der Waals surface area contributed by atoms with Gasteiger partial charge in [-0.2, -0.15) is 0 Å². The van der Waals surface area contributed by atoms with Gasteiger partial charge in [0, 0.05) is 32.7 Å². The van der Waals surface area contributed by atoms with Crippen molar-refractivity contribution in [2.75, 3.05) is 51.3 Å². The van der Waals surface area contributed by atoms with E-state index in [1.54, 1.807) is 7.11 Å². The average molecular weight is 441 g/mol. The fourth-order valence-electron chi connectivity index (χ4n) is 3.46. The van der Waals surface area contributed by atoms with Gasteiger partial charge in [0.25, 0.3) is 0 Å². The number of benzene rings is 2.